The average molecular weight is 164 g/mol. The van der Waals surface area contributed by atoms with Crippen molar-refractivity contribution in [1.29, 1.82) is 0 Å². The lowest BCUT2D eigenvalue weighted by atomic mass is 9.97. The molecule has 0 radical (unpaired) electrons. The van der Waals surface area contributed by atoms with E-state index in [9.17, 15) is 4.79 Å². The van der Waals surface area contributed by atoms with Crippen LogP contribution in [0.5, 0.6) is 0 Å². The summed E-state index contributed by atoms with van der Waals surface area (Å²) in [6.07, 6.45) is 0. The Labute approximate surface area is 63.9 Å². The molecule has 0 amide bonds. The molecule has 54 valence electrons. The zero-order chi connectivity index (χ0) is 7.49. The van der Waals surface area contributed by atoms with Gasteiger partial charge in [-0.2, -0.15) is 12.6 Å². The van der Waals surface area contributed by atoms with Crippen molar-refractivity contribution in [2.75, 3.05) is 5.75 Å². The van der Waals surface area contributed by atoms with E-state index in [4.69, 9.17) is 0 Å². The molecule has 0 heterocycles. The summed E-state index contributed by atoms with van der Waals surface area (Å²) >= 11 is 4.01. The Bertz CT molecular complexity index is 114. The van der Waals surface area contributed by atoms with E-state index in [2.05, 4.69) is 17.1 Å². The molecular formula is C5H12O2SSi. The van der Waals surface area contributed by atoms with Crippen LogP contribution < -0.4 is 0 Å². The molecule has 4 heteroatoms. The van der Waals surface area contributed by atoms with Gasteiger partial charge >= 0.3 is 0 Å². The van der Waals surface area contributed by atoms with E-state index < -0.39 is 5.41 Å². The van der Waals surface area contributed by atoms with Crippen molar-refractivity contribution in [2.24, 2.45) is 5.41 Å². The highest BCUT2D eigenvalue weighted by atomic mass is 32.1. The molecule has 0 aromatic rings. The maximum absolute atomic E-state index is 10.8. The number of rotatable bonds is 2. The van der Waals surface area contributed by atoms with E-state index in [0.717, 1.165) is 0 Å². The van der Waals surface area contributed by atoms with Gasteiger partial charge in [-0.3, -0.25) is 4.79 Å². The highest BCUT2D eigenvalue weighted by Gasteiger charge is 2.25. The van der Waals surface area contributed by atoms with Gasteiger partial charge in [-0.15, -0.1) is 0 Å². The summed E-state index contributed by atoms with van der Waals surface area (Å²) in [5.41, 5.74) is -0.412. The molecule has 0 rings (SSSR count). The van der Waals surface area contributed by atoms with Crippen molar-refractivity contribution < 1.29 is 9.22 Å². The monoisotopic (exact) mass is 164 g/mol. The van der Waals surface area contributed by atoms with Crippen molar-refractivity contribution in [3.63, 3.8) is 0 Å². The lowest BCUT2D eigenvalue weighted by molar-refractivity contribution is -0.142. The molecule has 0 N–H and O–H groups in total. The Kier molecular flexibility index (Phi) is 3.28. The molecule has 0 bridgehead atoms. The van der Waals surface area contributed by atoms with E-state index >= 15 is 0 Å². The fraction of sp³-hybridized carbons (Fsp3) is 0.800. The molecular weight excluding hydrogens is 152 g/mol. The Balaban J connectivity index is 3.97. The summed E-state index contributed by atoms with van der Waals surface area (Å²) < 4.78 is 4.66. The highest BCUT2D eigenvalue weighted by Crippen LogP contribution is 2.17. The fourth-order valence-electron chi connectivity index (χ4n) is 0.341. The maximum atomic E-state index is 10.8. The third-order valence-corrected chi connectivity index (χ3v) is 2.29. The number of carbonyl (C=O) groups is 1. The van der Waals surface area contributed by atoms with E-state index in [0.29, 0.717) is 16.2 Å². The first-order chi connectivity index (χ1) is 4.04. The highest BCUT2D eigenvalue weighted by molar-refractivity contribution is 7.80. The smallest absolute Gasteiger partial charge is 0.298 e. The van der Waals surface area contributed by atoms with Gasteiger partial charge in [0.2, 0.25) is 10.5 Å². The molecule has 9 heavy (non-hydrogen) atoms. The molecule has 0 fully saturated rings. The second kappa shape index (κ2) is 3.27. The zero-order valence-corrected chi connectivity index (χ0v) is 8.87. The fourth-order valence-corrected chi connectivity index (χ4v) is 1.02. The summed E-state index contributed by atoms with van der Waals surface area (Å²) in [4.78, 5) is 10.8. The first-order valence-electron chi connectivity index (χ1n) is 2.74. The second-order valence-electron chi connectivity index (χ2n) is 2.53. The summed E-state index contributed by atoms with van der Waals surface area (Å²) in [6.45, 7) is 3.64. The van der Waals surface area contributed by atoms with Gasteiger partial charge in [0.1, 0.15) is 0 Å². The lowest BCUT2D eigenvalue weighted by Crippen LogP contribution is -2.27. The molecule has 2 nitrogen and oxygen atoms in total. The van der Waals surface area contributed by atoms with Gasteiger partial charge in [-0.25, -0.2) is 0 Å². The second-order valence-corrected chi connectivity index (χ2v) is 3.26. The molecule has 0 aliphatic carbocycles. The molecule has 0 aromatic heterocycles. The van der Waals surface area contributed by atoms with E-state index in [-0.39, 0.29) is 5.97 Å². The molecule has 0 atom stereocenters. The molecule has 0 saturated carbocycles. The number of thiol groups is 1. The number of hydrogen-bond acceptors (Lipinski definition) is 3. The van der Waals surface area contributed by atoms with E-state index in [1.165, 1.54) is 0 Å². The van der Waals surface area contributed by atoms with Crippen molar-refractivity contribution in [2.45, 2.75) is 13.8 Å². The standard InChI is InChI=1S/C5H12O2SSi/c1-5(2,3-8)4(6)7-9/h8H,3H2,1-2,9H3. The minimum absolute atomic E-state index is 0.149. The molecule has 0 saturated heterocycles. The Hall–Kier alpha value is 0.0369. The molecule has 0 spiro atoms. The van der Waals surface area contributed by atoms with Crippen LogP contribution in [0.3, 0.4) is 0 Å². The summed E-state index contributed by atoms with van der Waals surface area (Å²) in [7, 11) is 0.475. The summed E-state index contributed by atoms with van der Waals surface area (Å²) in [5, 5.41) is 0. The minimum Gasteiger partial charge on any atom is -0.528 e. The van der Waals surface area contributed by atoms with Gasteiger partial charge in [0.25, 0.3) is 5.97 Å². The van der Waals surface area contributed by atoms with Crippen LogP contribution >= 0.6 is 12.6 Å². The molecule has 0 unspecified atom stereocenters. The quantitative estimate of drug-likeness (QED) is 0.450. The Morgan fingerprint density at radius 2 is 2.22 bits per heavy atom. The van der Waals surface area contributed by atoms with Gasteiger partial charge in [0, 0.05) is 5.75 Å². The van der Waals surface area contributed by atoms with Gasteiger partial charge in [0.15, 0.2) is 0 Å². The number of hydrogen-bond donors (Lipinski definition) is 1. The van der Waals surface area contributed by atoms with Gasteiger partial charge in [-0.05, 0) is 13.8 Å². The van der Waals surface area contributed by atoms with Crippen molar-refractivity contribution >= 4 is 29.1 Å². The van der Waals surface area contributed by atoms with Crippen LogP contribution in [0.25, 0.3) is 0 Å². The minimum atomic E-state index is -0.412. The summed E-state index contributed by atoms with van der Waals surface area (Å²) in [6, 6.07) is 0. The SMILES string of the molecule is CC(C)(CS)C(=O)O[SiH3]. The third-order valence-electron chi connectivity index (χ3n) is 1.13. The first-order valence-corrected chi connectivity index (χ1v) is 4.19. The topological polar surface area (TPSA) is 26.3 Å². The van der Waals surface area contributed by atoms with Crippen molar-refractivity contribution in [1.82, 2.24) is 0 Å². The maximum Gasteiger partial charge on any atom is 0.298 e. The predicted molar refractivity (Wildman–Crippen MR) is 43.7 cm³/mol. The zero-order valence-electron chi connectivity index (χ0n) is 5.97. The van der Waals surface area contributed by atoms with Crippen LogP contribution in [0, 0.1) is 5.41 Å². The van der Waals surface area contributed by atoms with Gasteiger partial charge in [0.05, 0.1) is 5.41 Å². The van der Waals surface area contributed by atoms with E-state index in [1.807, 2.05) is 13.8 Å². The average Bonchev–Trinajstić information content (AvgIpc) is 1.86. The van der Waals surface area contributed by atoms with Gasteiger partial charge in [-0.1, -0.05) is 0 Å². The van der Waals surface area contributed by atoms with Crippen molar-refractivity contribution in [3.05, 3.63) is 0 Å². The molecule has 0 aliphatic heterocycles. The van der Waals surface area contributed by atoms with Crippen LogP contribution in [-0.2, 0) is 9.22 Å². The molecule has 0 aromatic carbocycles. The molecule has 0 aliphatic rings. The third kappa shape index (κ3) is 2.40. The Morgan fingerprint density at radius 1 is 1.78 bits per heavy atom. The summed E-state index contributed by atoms with van der Waals surface area (Å²) in [5.74, 6) is 0.387. The van der Waals surface area contributed by atoms with Crippen LogP contribution in [0.15, 0.2) is 0 Å². The van der Waals surface area contributed by atoms with Crippen LogP contribution in [-0.4, -0.2) is 22.2 Å². The van der Waals surface area contributed by atoms with Gasteiger partial charge < -0.3 is 4.43 Å². The number of carbonyl (C=O) groups excluding carboxylic acids is 1. The van der Waals surface area contributed by atoms with Crippen LogP contribution in [0.1, 0.15) is 13.8 Å². The normalized spacial score (nSPS) is 11.4. The van der Waals surface area contributed by atoms with E-state index in [1.54, 1.807) is 0 Å². The van der Waals surface area contributed by atoms with Crippen LogP contribution in [0.4, 0.5) is 0 Å². The first kappa shape index (κ1) is 9.04. The van der Waals surface area contributed by atoms with Crippen LogP contribution in [0.2, 0.25) is 0 Å². The Morgan fingerprint density at radius 3 is 2.33 bits per heavy atom. The predicted octanol–water partition coefficient (Wildman–Crippen LogP) is -0.234. The lowest BCUT2D eigenvalue weighted by Gasteiger charge is -2.18. The van der Waals surface area contributed by atoms with Crippen molar-refractivity contribution in [3.8, 4) is 0 Å². The largest absolute Gasteiger partial charge is 0.528 e.